The van der Waals surface area contributed by atoms with Crippen LogP contribution in [0.5, 0.6) is 0 Å². The van der Waals surface area contributed by atoms with Gasteiger partial charge in [-0.25, -0.2) is 0 Å². The van der Waals surface area contributed by atoms with Gasteiger partial charge in [0.05, 0.1) is 12.1 Å². The largest absolute Gasteiger partial charge is 0.384 e. The molecule has 0 radical (unpaired) electrons. The van der Waals surface area contributed by atoms with Crippen LogP contribution < -0.4 is 5.32 Å². The van der Waals surface area contributed by atoms with E-state index in [2.05, 4.69) is 17.2 Å². The van der Waals surface area contributed by atoms with Crippen molar-refractivity contribution in [1.29, 1.82) is 0 Å². The molecule has 0 saturated heterocycles. The topological polar surface area (TPSA) is 58.6 Å². The molecule has 0 heterocycles. The number of hydrogen-bond acceptors (Lipinski definition) is 3. The number of carbonyl (C=O) groups is 1. The van der Waals surface area contributed by atoms with Crippen molar-refractivity contribution in [2.45, 2.75) is 26.3 Å². The first-order valence-electron chi connectivity index (χ1n) is 6.41. The molecule has 0 aliphatic rings. The van der Waals surface area contributed by atoms with Gasteiger partial charge in [-0.1, -0.05) is 11.8 Å². The third kappa shape index (κ3) is 4.69. The molecule has 4 heteroatoms. The SMILES string of the molecule is COCC(C)(C)NC(=O)c1ccc(C#CCO)c(C)c1. The van der Waals surface area contributed by atoms with E-state index in [1.54, 1.807) is 25.3 Å². The molecule has 1 amide bonds. The Balaban J connectivity index is 2.88. The summed E-state index contributed by atoms with van der Waals surface area (Å²) in [6, 6.07) is 5.31. The average molecular weight is 275 g/mol. The lowest BCUT2D eigenvalue weighted by atomic mass is 10.0. The molecule has 1 aromatic rings. The van der Waals surface area contributed by atoms with Gasteiger partial charge in [0.2, 0.25) is 0 Å². The van der Waals surface area contributed by atoms with Gasteiger partial charge in [0.1, 0.15) is 6.61 Å². The summed E-state index contributed by atoms with van der Waals surface area (Å²) in [6.07, 6.45) is 0. The van der Waals surface area contributed by atoms with Crippen molar-refractivity contribution in [2.24, 2.45) is 0 Å². The Hall–Kier alpha value is -1.83. The van der Waals surface area contributed by atoms with E-state index in [0.717, 1.165) is 11.1 Å². The van der Waals surface area contributed by atoms with Gasteiger partial charge in [-0.05, 0) is 44.5 Å². The van der Waals surface area contributed by atoms with Gasteiger partial charge in [-0.2, -0.15) is 0 Å². The van der Waals surface area contributed by atoms with E-state index in [0.29, 0.717) is 12.2 Å². The number of benzene rings is 1. The number of carbonyl (C=O) groups excluding carboxylic acids is 1. The molecule has 1 rings (SSSR count). The molecule has 108 valence electrons. The molecule has 1 aromatic carbocycles. The Morgan fingerprint density at radius 3 is 2.70 bits per heavy atom. The molecule has 0 unspecified atom stereocenters. The maximum Gasteiger partial charge on any atom is 0.251 e. The van der Waals surface area contributed by atoms with E-state index in [-0.39, 0.29) is 12.5 Å². The molecule has 20 heavy (non-hydrogen) atoms. The number of nitrogens with one attached hydrogen (secondary N) is 1. The summed E-state index contributed by atoms with van der Waals surface area (Å²) in [6.45, 7) is 5.97. The molecule has 0 aromatic heterocycles. The fourth-order valence-corrected chi connectivity index (χ4v) is 1.86. The summed E-state index contributed by atoms with van der Waals surface area (Å²) in [7, 11) is 1.60. The highest BCUT2D eigenvalue weighted by Gasteiger charge is 2.21. The number of amides is 1. The minimum Gasteiger partial charge on any atom is -0.384 e. The van der Waals surface area contributed by atoms with Crippen LogP contribution in [0, 0.1) is 18.8 Å². The van der Waals surface area contributed by atoms with Crippen LogP contribution in [-0.4, -0.2) is 36.9 Å². The summed E-state index contributed by atoms with van der Waals surface area (Å²) in [5, 5.41) is 11.6. The molecular weight excluding hydrogens is 254 g/mol. The predicted octanol–water partition coefficient (Wildman–Crippen LogP) is 1.49. The number of hydrogen-bond donors (Lipinski definition) is 2. The van der Waals surface area contributed by atoms with Crippen molar-refractivity contribution in [3.8, 4) is 11.8 Å². The van der Waals surface area contributed by atoms with Crippen LogP contribution in [0.4, 0.5) is 0 Å². The summed E-state index contributed by atoms with van der Waals surface area (Å²) < 4.78 is 5.07. The van der Waals surface area contributed by atoms with Crippen molar-refractivity contribution in [3.63, 3.8) is 0 Å². The highest BCUT2D eigenvalue weighted by molar-refractivity contribution is 5.95. The van der Waals surface area contributed by atoms with E-state index in [1.807, 2.05) is 20.8 Å². The fraction of sp³-hybridized carbons (Fsp3) is 0.438. The van der Waals surface area contributed by atoms with Crippen LogP contribution >= 0.6 is 0 Å². The highest BCUT2D eigenvalue weighted by Crippen LogP contribution is 2.12. The lowest BCUT2D eigenvalue weighted by Crippen LogP contribution is -2.46. The minimum absolute atomic E-state index is 0.142. The van der Waals surface area contributed by atoms with Crippen molar-refractivity contribution >= 4 is 5.91 Å². The zero-order chi connectivity index (χ0) is 15.2. The Morgan fingerprint density at radius 2 is 2.15 bits per heavy atom. The Kier molecular flexibility index (Phi) is 5.75. The minimum atomic E-state index is -0.422. The third-order valence-corrected chi connectivity index (χ3v) is 2.75. The molecule has 2 N–H and O–H groups in total. The van der Waals surface area contributed by atoms with Crippen molar-refractivity contribution in [3.05, 3.63) is 34.9 Å². The second kappa shape index (κ2) is 7.09. The summed E-state index contributed by atoms with van der Waals surface area (Å²) in [4.78, 5) is 12.2. The second-order valence-electron chi connectivity index (χ2n) is 5.26. The molecule has 4 nitrogen and oxygen atoms in total. The molecule has 0 atom stereocenters. The first kappa shape index (κ1) is 16.2. The zero-order valence-corrected chi connectivity index (χ0v) is 12.4. The van der Waals surface area contributed by atoms with Gasteiger partial charge in [-0.3, -0.25) is 4.79 Å². The number of methoxy groups -OCH3 is 1. The molecule has 0 spiro atoms. The highest BCUT2D eigenvalue weighted by atomic mass is 16.5. The maximum atomic E-state index is 12.2. The van der Waals surface area contributed by atoms with Crippen molar-refractivity contribution in [2.75, 3.05) is 20.3 Å². The number of aryl methyl sites for hydroxylation is 1. The smallest absolute Gasteiger partial charge is 0.251 e. The van der Waals surface area contributed by atoms with Gasteiger partial charge in [0.25, 0.3) is 5.91 Å². The van der Waals surface area contributed by atoms with E-state index < -0.39 is 5.54 Å². The van der Waals surface area contributed by atoms with Gasteiger partial charge in [0, 0.05) is 18.2 Å². The monoisotopic (exact) mass is 275 g/mol. The number of aliphatic hydroxyl groups is 1. The van der Waals surface area contributed by atoms with Gasteiger partial charge >= 0.3 is 0 Å². The lowest BCUT2D eigenvalue weighted by Gasteiger charge is -2.25. The zero-order valence-electron chi connectivity index (χ0n) is 12.4. The fourth-order valence-electron chi connectivity index (χ4n) is 1.86. The molecule has 0 aliphatic carbocycles. The molecule has 0 aliphatic heterocycles. The van der Waals surface area contributed by atoms with Crippen LogP contribution in [0.3, 0.4) is 0 Å². The van der Waals surface area contributed by atoms with Crippen LogP contribution in [0.2, 0.25) is 0 Å². The first-order valence-corrected chi connectivity index (χ1v) is 6.41. The maximum absolute atomic E-state index is 12.2. The predicted molar refractivity (Wildman–Crippen MR) is 78.6 cm³/mol. The Labute approximate surface area is 120 Å². The first-order chi connectivity index (χ1) is 9.39. The number of ether oxygens (including phenoxy) is 1. The second-order valence-corrected chi connectivity index (χ2v) is 5.26. The van der Waals surface area contributed by atoms with E-state index >= 15 is 0 Å². The molecular formula is C16H21NO3. The molecule has 0 bridgehead atoms. The normalized spacial score (nSPS) is 10.7. The summed E-state index contributed by atoms with van der Waals surface area (Å²) >= 11 is 0. The molecule has 0 fully saturated rings. The number of aliphatic hydroxyl groups excluding tert-OH is 1. The average Bonchev–Trinajstić information content (AvgIpc) is 2.36. The van der Waals surface area contributed by atoms with Crippen LogP contribution in [-0.2, 0) is 4.74 Å². The quantitative estimate of drug-likeness (QED) is 0.819. The van der Waals surface area contributed by atoms with Crippen LogP contribution in [0.15, 0.2) is 18.2 Å². The van der Waals surface area contributed by atoms with Crippen LogP contribution in [0.1, 0.15) is 35.3 Å². The summed E-state index contributed by atoms with van der Waals surface area (Å²) in [5.41, 5.74) is 1.88. The van der Waals surface area contributed by atoms with Gasteiger partial charge < -0.3 is 15.2 Å². The van der Waals surface area contributed by atoms with Gasteiger partial charge in [-0.15, -0.1) is 0 Å². The van der Waals surface area contributed by atoms with E-state index in [9.17, 15) is 4.79 Å². The van der Waals surface area contributed by atoms with Gasteiger partial charge in [0.15, 0.2) is 0 Å². The van der Waals surface area contributed by atoms with Crippen molar-refractivity contribution in [1.82, 2.24) is 5.32 Å². The van der Waals surface area contributed by atoms with E-state index in [4.69, 9.17) is 9.84 Å². The standard InChI is InChI=1S/C16H21NO3/c1-12-10-14(8-7-13(12)6-5-9-18)15(19)17-16(2,3)11-20-4/h7-8,10,18H,9,11H2,1-4H3,(H,17,19). The van der Waals surface area contributed by atoms with E-state index in [1.165, 1.54) is 0 Å². The third-order valence-electron chi connectivity index (χ3n) is 2.75. The summed E-state index contributed by atoms with van der Waals surface area (Å²) in [5.74, 6) is 5.30. The van der Waals surface area contributed by atoms with Crippen molar-refractivity contribution < 1.29 is 14.6 Å². The Bertz CT molecular complexity index is 538. The number of rotatable bonds is 4. The molecule has 0 saturated carbocycles. The lowest BCUT2D eigenvalue weighted by molar-refractivity contribution is 0.0820. The Morgan fingerprint density at radius 1 is 1.45 bits per heavy atom. The van der Waals surface area contributed by atoms with Crippen LogP contribution in [0.25, 0.3) is 0 Å².